The third-order valence-corrected chi connectivity index (χ3v) is 9.98. The van der Waals surface area contributed by atoms with Crippen molar-refractivity contribution in [2.24, 2.45) is 0 Å². The Morgan fingerprint density at radius 3 is 2.86 bits per heavy atom. The van der Waals surface area contributed by atoms with Crippen LogP contribution in [-0.4, -0.2) is 88.0 Å². The topological polar surface area (TPSA) is 117 Å². The summed E-state index contributed by atoms with van der Waals surface area (Å²) in [4.78, 5) is 53.0. The van der Waals surface area contributed by atoms with Crippen molar-refractivity contribution in [1.82, 2.24) is 25.1 Å². The maximum absolute atomic E-state index is 13.0. The first kappa shape index (κ1) is 27.5. The highest BCUT2D eigenvalue weighted by molar-refractivity contribution is 6.05. The van der Waals surface area contributed by atoms with Crippen LogP contribution in [-0.2, 0) is 27.4 Å². The summed E-state index contributed by atoms with van der Waals surface area (Å²) in [6, 6.07) is 11.4. The number of amides is 3. The largest absolute Gasteiger partial charge is 0.489 e. The summed E-state index contributed by atoms with van der Waals surface area (Å²) in [7, 11) is 0. The van der Waals surface area contributed by atoms with Gasteiger partial charge in [-0.2, -0.15) is 0 Å². The van der Waals surface area contributed by atoms with Gasteiger partial charge in [-0.05, 0) is 73.6 Å². The predicted molar refractivity (Wildman–Crippen MR) is 161 cm³/mol. The molecule has 2 aromatic carbocycles. The highest BCUT2D eigenvalue weighted by atomic mass is 16.5. The van der Waals surface area contributed by atoms with E-state index in [2.05, 4.69) is 33.3 Å². The molecule has 1 aromatic heterocycles. The molecule has 0 saturated carbocycles. The number of piperidine rings is 1. The van der Waals surface area contributed by atoms with Crippen molar-refractivity contribution in [3.8, 4) is 5.75 Å². The van der Waals surface area contributed by atoms with Crippen LogP contribution in [0.2, 0.25) is 0 Å². The van der Waals surface area contributed by atoms with Gasteiger partial charge in [-0.3, -0.25) is 24.6 Å². The number of likely N-dealkylation sites (tertiary alicyclic amines) is 1. The second-order valence-electron chi connectivity index (χ2n) is 12.8. The van der Waals surface area contributed by atoms with Crippen LogP contribution in [0.25, 0.3) is 10.9 Å². The van der Waals surface area contributed by atoms with Gasteiger partial charge in [-0.1, -0.05) is 6.07 Å². The highest BCUT2D eigenvalue weighted by Gasteiger charge is 2.45. The van der Waals surface area contributed by atoms with Gasteiger partial charge >= 0.3 is 0 Å². The van der Waals surface area contributed by atoms with Crippen molar-refractivity contribution >= 4 is 34.6 Å². The molecule has 8 rings (SSSR count). The van der Waals surface area contributed by atoms with E-state index >= 15 is 0 Å². The Hall–Kier alpha value is -4.09. The predicted octanol–water partition coefficient (Wildman–Crippen LogP) is 2.80. The number of aromatic nitrogens is 2. The number of ether oxygens (including phenoxy) is 2. The van der Waals surface area contributed by atoms with Crippen molar-refractivity contribution in [3.05, 3.63) is 59.3 Å². The van der Waals surface area contributed by atoms with Gasteiger partial charge in [0.05, 0.1) is 17.7 Å². The van der Waals surface area contributed by atoms with Crippen molar-refractivity contribution in [3.63, 3.8) is 0 Å². The average molecular weight is 597 g/mol. The third kappa shape index (κ3) is 4.88. The number of rotatable bonds is 6. The van der Waals surface area contributed by atoms with Gasteiger partial charge in [0.2, 0.25) is 17.8 Å². The molecule has 5 aliphatic heterocycles. The van der Waals surface area contributed by atoms with Crippen LogP contribution in [0.15, 0.2) is 42.6 Å². The molecule has 6 heterocycles. The summed E-state index contributed by atoms with van der Waals surface area (Å²) in [5.41, 5.74) is 3.70. The summed E-state index contributed by atoms with van der Waals surface area (Å²) in [6.45, 7) is 5.47. The molecule has 1 N–H and O–H groups in total. The van der Waals surface area contributed by atoms with E-state index in [1.165, 1.54) is 5.56 Å². The van der Waals surface area contributed by atoms with E-state index in [1.54, 1.807) is 11.0 Å². The molecule has 3 amide bonds. The molecule has 5 aliphatic rings. The van der Waals surface area contributed by atoms with E-state index in [-0.39, 0.29) is 29.9 Å². The Morgan fingerprint density at radius 2 is 2.00 bits per heavy atom. The van der Waals surface area contributed by atoms with Crippen molar-refractivity contribution in [2.45, 2.75) is 69.3 Å². The molecule has 0 radical (unpaired) electrons. The minimum Gasteiger partial charge on any atom is -0.489 e. The zero-order chi connectivity index (χ0) is 29.8. The number of imide groups is 1. The highest BCUT2D eigenvalue weighted by Crippen LogP contribution is 2.39. The Balaban J connectivity index is 0.889. The number of carbonyl (C=O) groups excluding carboxylic acids is 3. The Labute approximate surface area is 255 Å². The van der Waals surface area contributed by atoms with Crippen LogP contribution in [0.5, 0.6) is 5.75 Å². The standard InChI is InChI=1S/C33H36N6O5/c40-29-7-6-28(30(41)36-29)38-18-23-15-24(3-4-26(23)31(38)42)44-25-8-12-37(19-25)17-21-2-5-27-22(14-21)16-34-32(35-27)39-11-1-9-33(39)10-13-43-20-33/h2-5,14-16,25,28H,1,6-13,17-20H2,(H,36,40,41)/t25-,28?,33+/m0/s1. The van der Waals surface area contributed by atoms with Gasteiger partial charge < -0.3 is 19.3 Å². The van der Waals surface area contributed by atoms with Crippen molar-refractivity contribution < 1.29 is 23.9 Å². The summed E-state index contributed by atoms with van der Waals surface area (Å²) in [5, 5.41) is 3.40. The first-order valence-corrected chi connectivity index (χ1v) is 15.7. The third-order valence-electron chi connectivity index (χ3n) is 9.98. The Kier molecular flexibility index (Phi) is 6.75. The minimum absolute atomic E-state index is 0.0510. The lowest BCUT2D eigenvalue weighted by molar-refractivity contribution is -0.136. The number of carbonyl (C=O) groups is 3. The van der Waals surface area contributed by atoms with Gasteiger partial charge in [0.25, 0.3) is 5.91 Å². The summed E-state index contributed by atoms with van der Waals surface area (Å²) >= 11 is 0. The van der Waals surface area contributed by atoms with Gasteiger partial charge in [-0.25, -0.2) is 9.97 Å². The Bertz CT molecular complexity index is 1650. The van der Waals surface area contributed by atoms with E-state index in [9.17, 15) is 14.4 Å². The number of fused-ring (bicyclic) bond motifs is 2. The monoisotopic (exact) mass is 596 g/mol. The first-order chi connectivity index (χ1) is 21.4. The number of hydrogen-bond acceptors (Lipinski definition) is 9. The lowest BCUT2D eigenvalue weighted by Crippen LogP contribution is -2.52. The van der Waals surface area contributed by atoms with Gasteiger partial charge in [0.1, 0.15) is 17.9 Å². The van der Waals surface area contributed by atoms with Gasteiger partial charge in [-0.15, -0.1) is 0 Å². The molecule has 11 nitrogen and oxygen atoms in total. The molecule has 4 saturated heterocycles. The maximum atomic E-state index is 13.0. The van der Waals surface area contributed by atoms with Gasteiger partial charge in [0.15, 0.2) is 0 Å². The van der Waals surface area contributed by atoms with Crippen LogP contribution in [0.3, 0.4) is 0 Å². The van der Waals surface area contributed by atoms with Crippen LogP contribution in [0, 0.1) is 0 Å². The molecule has 228 valence electrons. The normalized spacial score (nSPS) is 27.1. The molecule has 4 fully saturated rings. The van der Waals surface area contributed by atoms with Crippen LogP contribution < -0.4 is 15.0 Å². The molecule has 1 unspecified atom stereocenters. The fourth-order valence-electron chi connectivity index (χ4n) is 7.67. The lowest BCUT2D eigenvalue weighted by Gasteiger charge is -2.33. The number of benzene rings is 2. The van der Waals surface area contributed by atoms with E-state index < -0.39 is 11.9 Å². The Morgan fingerprint density at radius 1 is 1.07 bits per heavy atom. The first-order valence-electron chi connectivity index (χ1n) is 15.7. The van der Waals surface area contributed by atoms with Crippen molar-refractivity contribution in [1.29, 1.82) is 0 Å². The summed E-state index contributed by atoms with van der Waals surface area (Å²) < 4.78 is 12.1. The second-order valence-corrected chi connectivity index (χ2v) is 12.8. The van der Waals surface area contributed by atoms with E-state index in [4.69, 9.17) is 19.4 Å². The number of anilines is 1. The molecule has 3 atom stereocenters. The van der Waals surface area contributed by atoms with Crippen LogP contribution >= 0.6 is 0 Å². The van der Waals surface area contributed by atoms with E-state index in [1.807, 2.05) is 18.3 Å². The molecule has 44 heavy (non-hydrogen) atoms. The average Bonchev–Trinajstić information content (AvgIpc) is 3.82. The lowest BCUT2D eigenvalue weighted by atomic mass is 9.96. The fraction of sp³-hybridized carbons (Fsp3) is 0.485. The molecule has 11 heteroatoms. The number of nitrogens with one attached hydrogen (secondary N) is 1. The SMILES string of the molecule is O=C1CCC(N2Cc3cc(O[C@H]4CCN(Cc5ccc6nc(N7CCC[C@]78CCOC8)ncc6c5)C4)ccc3C2=O)C(=O)N1. The fourth-order valence-corrected chi connectivity index (χ4v) is 7.67. The molecule has 3 aromatic rings. The molecular weight excluding hydrogens is 560 g/mol. The van der Waals surface area contributed by atoms with Crippen LogP contribution in [0.1, 0.15) is 60.0 Å². The molecule has 1 spiro atoms. The summed E-state index contributed by atoms with van der Waals surface area (Å²) in [6.07, 6.45) is 6.86. The molecular formula is C33H36N6O5. The van der Waals surface area contributed by atoms with E-state index in [0.29, 0.717) is 18.5 Å². The quantitative estimate of drug-likeness (QED) is 0.429. The minimum atomic E-state index is -0.617. The van der Waals surface area contributed by atoms with Crippen LogP contribution in [0.4, 0.5) is 5.95 Å². The second kappa shape index (κ2) is 10.8. The molecule has 0 aliphatic carbocycles. The number of hydrogen-bond donors (Lipinski definition) is 1. The van der Waals surface area contributed by atoms with Crippen molar-refractivity contribution in [2.75, 3.05) is 37.7 Å². The smallest absolute Gasteiger partial charge is 0.255 e. The molecule has 0 bridgehead atoms. The zero-order valence-corrected chi connectivity index (χ0v) is 24.7. The van der Waals surface area contributed by atoms with Gasteiger partial charge in [0, 0.05) is 62.9 Å². The maximum Gasteiger partial charge on any atom is 0.255 e. The zero-order valence-electron chi connectivity index (χ0n) is 24.7. The summed E-state index contributed by atoms with van der Waals surface area (Å²) in [5.74, 6) is 0.686. The van der Waals surface area contributed by atoms with E-state index in [0.717, 1.165) is 93.2 Å². The number of nitrogens with zero attached hydrogens (tertiary/aromatic N) is 5.